The highest BCUT2D eigenvalue weighted by atomic mass is 31.0. The van der Waals surface area contributed by atoms with Crippen LogP contribution in [-0.4, -0.2) is 0 Å². The Hall–Kier alpha value is -1.88. The maximum atomic E-state index is 5.64. The van der Waals surface area contributed by atoms with E-state index in [9.17, 15) is 0 Å². The number of hydrogen-bond donors (Lipinski definition) is 0. The highest BCUT2D eigenvalue weighted by Crippen LogP contribution is 2.46. The molecule has 0 amide bonds. The predicted octanol–water partition coefficient (Wildman–Crippen LogP) is 5.45. The van der Waals surface area contributed by atoms with E-state index in [4.69, 9.17) is 9.05 Å². The molecule has 2 nitrogen and oxygen atoms in total. The number of fused-ring (bicyclic) bond motifs is 2. The van der Waals surface area contributed by atoms with E-state index < -0.39 is 0 Å². The molecule has 4 heteroatoms. The summed E-state index contributed by atoms with van der Waals surface area (Å²) < 4.78 is 11.3. The first-order valence-electron chi connectivity index (χ1n) is 7.86. The lowest BCUT2D eigenvalue weighted by molar-refractivity contribution is 0.501. The average Bonchev–Trinajstić information content (AvgIpc) is 2.66. The summed E-state index contributed by atoms with van der Waals surface area (Å²) >= 11 is 0. The van der Waals surface area contributed by atoms with Gasteiger partial charge in [-0.3, -0.25) is 0 Å². The summed E-state index contributed by atoms with van der Waals surface area (Å²) in [5, 5.41) is 2.36. The fourth-order valence-electron chi connectivity index (χ4n) is 3.57. The second kappa shape index (κ2) is 6.55. The van der Waals surface area contributed by atoms with Gasteiger partial charge in [0.2, 0.25) is 0 Å². The zero-order valence-corrected chi connectivity index (χ0v) is 15.4. The van der Waals surface area contributed by atoms with Gasteiger partial charge in [0.05, 0.1) is 18.9 Å². The van der Waals surface area contributed by atoms with Crippen LogP contribution in [-0.2, 0) is 4.52 Å². The van der Waals surface area contributed by atoms with Crippen LogP contribution < -0.4 is 4.52 Å². The van der Waals surface area contributed by atoms with Crippen molar-refractivity contribution in [2.75, 3.05) is 0 Å². The van der Waals surface area contributed by atoms with E-state index in [1.807, 2.05) is 6.07 Å². The minimum atomic E-state index is 0.236. The Labute approximate surface area is 146 Å². The van der Waals surface area contributed by atoms with Gasteiger partial charge in [0.1, 0.15) is 11.5 Å². The van der Waals surface area contributed by atoms with Crippen molar-refractivity contribution in [3.05, 3.63) is 84.2 Å². The highest BCUT2D eigenvalue weighted by Gasteiger charge is 2.30. The first kappa shape index (κ1) is 15.6. The van der Waals surface area contributed by atoms with Crippen LogP contribution in [0.15, 0.2) is 78.6 Å². The lowest BCUT2D eigenvalue weighted by atomic mass is 9.75. The smallest absolute Gasteiger partial charge is 0.130 e. The molecule has 4 atom stereocenters. The molecule has 2 aromatic carbocycles. The van der Waals surface area contributed by atoms with Crippen LogP contribution in [0.25, 0.3) is 16.3 Å². The molecule has 0 bridgehead atoms. The maximum Gasteiger partial charge on any atom is 0.130 e. The van der Waals surface area contributed by atoms with Crippen molar-refractivity contribution in [1.29, 1.82) is 0 Å². The number of allylic oxidation sites excluding steroid dienone is 7. The quantitative estimate of drug-likeness (QED) is 0.684. The molecule has 0 N–H and O–H groups in total. The minimum Gasteiger partial charge on any atom is -0.480 e. The summed E-state index contributed by atoms with van der Waals surface area (Å²) in [5.41, 5.74) is 2.26. The van der Waals surface area contributed by atoms with E-state index in [-0.39, 0.29) is 5.92 Å². The third kappa shape index (κ3) is 2.51. The first-order valence-corrected chi connectivity index (χ1v) is 8.80. The van der Waals surface area contributed by atoms with Gasteiger partial charge in [0.15, 0.2) is 0 Å². The molecule has 4 rings (SSSR count). The van der Waals surface area contributed by atoms with E-state index in [2.05, 4.69) is 85.7 Å². The number of hydrogen-bond acceptors (Lipinski definition) is 2. The molecule has 0 saturated heterocycles. The SMILES string of the molecule is POC1=C(c2c(OP)ccc3ccccc23)C2C=CC=CC2C=C1. The fourth-order valence-corrected chi connectivity index (χ4v) is 3.97. The van der Waals surface area contributed by atoms with Crippen molar-refractivity contribution in [3.8, 4) is 5.75 Å². The number of rotatable bonds is 3. The molecule has 4 unspecified atom stereocenters. The Kier molecular flexibility index (Phi) is 4.27. The fraction of sp³-hybridized carbons (Fsp3) is 0.100. The van der Waals surface area contributed by atoms with E-state index in [1.165, 1.54) is 10.8 Å². The molecule has 0 spiro atoms. The van der Waals surface area contributed by atoms with Crippen LogP contribution in [0, 0.1) is 11.8 Å². The summed E-state index contributed by atoms with van der Waals surface area (Å²) in [4.78, 5) is 0. The second-order valence-electron chi connectivity index (χ2n) is 5.91. The molecule has 0 radical (unpaired) electrons. The van der Waals surface area contributed by atoms with Crippen molar-refractivity contribution in [3.63, 3.8) is 0 Å². The molecular weight excluding hydrogens is 334 g/mol. The lowest BCUT2D eigenvalue weighted by Gasteiger charge is -2.30. The average molecular weight is 352 g/mol. The van der Waals surface area contributed by atoms with E-state index in [1.54, 1.807) is 0 Å². The van der Waals surface area contributed by atoms with E-state index in [0.29, 0.717) is 5.92 Å². The van der Waals surface area contributed by atoms with Crippen molar-refractivity contribution in [2.24, 2.45) is 11.8 Å². The van der Waals surface area contributed by atoms with Crippen LogP contribution in [0.2, 0.25) is 0 Å². The van der Waals surface area contributed by atoms with Crippen LogP contribution in [0.4, 0.5) is 0 Å². The molecule has 2 aliphatic rings. The van der Waals surface area contributed by atoms with Crippen molar-refractivity contribution < 1.29 is 9.05 Å². The Morgan fingerprint density at radius 3 is 2.50 bits per heavy atom. The van der Waals surface area contributed by atoms with E-state index in [0.717, 1.165) is 22.6 Å². The monoisotopic (exact) mass is 352 g/mol. The molecule has 0 aliphatic heterocycles. The summed E-state index contributed by atoms with van der Waals surface area (Å²) in [6, 6.07) is 12.5. The van der Waals surface area contributed by atoms with Gasteiger partial charge in [-0.25, -0.2) is 0 Å². The van der Waals surface area contributed by atoms with Crippen LogP contribution in [0.5, 0.6) is 5.75 Å². The van der Waals surface area contributed by atoms with E-state index >= 15 is 0 Å². The molecule has 120 valence electrons. The van der Waals surface area contributed by atoms with Crippen LogP contribution in [0.3, 0.4) is 0 Å². The molecule has 2 aliphatic carbocycles. The number of benzene rings is 2. The lowest BCUT2D eigenvalue weighted by Crippen LogP contribution is -2.18. The highest BCUT2D eigenvalue weighted by molar-refractivity contribution is 7.10. The topological polar surface area (TPSA) is 18.5 Å². The summed E-state index contributed by atoms with van der Waals surface area (Å²) in [7, 11) is 4.74. The predicted molar refractivity (Wildman–Crippen MR) is 106 cm³/mol. The first-order chi connectivity index (χ1) is 11.8. The van der Waals surface area contributed by atoms with Gasteiger partial charge in [-0.1, -0.05) is 60.7 Å². The van der Waals surface area contributed by atoms with Gasteiger partial charge in [-0.15, -0.1) is 0 Å². The molecule has 24 heavy (non-hydrogen) atoms. The van der Waals surface area contributed by atoms with Gasteiger partial charge < -0.3 is 9.05 Å². The Morgan fingerprint density at radius 1 is 0.833 bits per heavy atom. The molecule has 0 heterocycles. The summed E-state index contributed by atoms with van der Waals surface area (Å²) in [5.74, 6) is 2.27. The van der Waals surface area contributed by atoms with Gasteiger partial charge in [0, 0.05) is 23.0 Å². The molecule has 0 fully saturated rings. The van der Waals surface area contributed by atoms with Gasteiger partial charge in [0.25, 0.3) is 0 Å². The van der Waals surface area contributed by atoms with Gasteiger partial charge >= 0.3 is 0 Å². The Balaban J connectivity index is 2.04. The minimum absolute atomic E-state index is 0.236. The van der Waals surface area contributed by atoms with Gasteiger partial charge in [-0.2, -0.15) is 0 Å². The zero-order valence-electron chi connectivity index (χ0n) is 13.1. The Bertz CT molecular complexity index is 909. The standard InChI is InChI=1S/C20H18O2P2/c23-21-17-11-9-13-5-1-3-7-15(13)19(17)20-16-8-4-2-6-14(16)10-12-18(20)22-24/h1-13,15H,23-24H2. The zero-order chi connectivity index (χ0) is 16.5. The third-order valence-electron chi connectivity index (χ3n) is 4.66. The van der Waals surface area contributed by atoms with Crippen LogP contribution >= 0.6 is 18.9 Å². The van der Waals surface area contributed by atoms with Crippen molar-refractivity contribution in [1.82, 2.24) is 0 Å². The van der Waals surface area contributed by atoms with Crippen LogP contribution in [0.1, 0.15) is 5.56 Å². The van der Waals surface area contributed by atoms with Crippen molar-refractivity contribution >= 4 is 35.3 Å². The van der Waals surface area contributed by atoms with Gasteiger partial charge in [-0.05, 0) is 22.9 Å². The maximum absolute atomic E-state index is 5.64. The molecule has 0 saturated carbocycles. The van der Waals surface area contributed by atoms with Crippen molar-refractivity contribution in [2.45, 2.75) is 0 Å². The second-order valence-corrected chi connectivity index (χ2v) is 6.38. The molecule has 2 aromatic rings. The normalized spacial score (nSPS) is 21.9. The summed E-state index contributed by atoms with van der Waals surface area (Å²) in [6.07, 6.45) is 12.9. The summed E-state index contributed by atoms with van der Waals surface area (Å²) in [6.45, 7) is 0. The largest absolute Gasteiger partial charge is 0.480 e. The molecular formula is C20H18O2P2. The molecule has 0 aromatic heterocycles. The Morgan fingerprint density at radius 2 is 1.67 bits per heavy atom. The third-order valence-corrected chi connectivity index (χ3v) is 5.17.